The number of aliphatic hydroxyl groups is 10. The lowest BCUT2D eigenvalue weighted by atomic mass is 9.82. The molecule has 18 heteroatoms. The van der Waals surface area contributed by atoms with Crippen LogP contribution in [0.1, 0.15) is 91.9 Å². The van der Waals surface area contributed by atoms with Crippen molar-refractivity contribution in [2.75, 3.05) is 0 Å². The normalized spacial score (nSPS) is 45.1. The van der Waals surface area contributed by atoms with Crippen LogP contribution in [0.15, 0.2) is 85.1 Å². The maximum atomic E-state index is 13.6. The molecular formula is C50H78N2O16. The SMILES string of the molecule is C[C@@H]1[C@H](O)[C@@H](C)/C=C/C=C/C=C/C=C/C=C/C=C/C=C/[C@H](O[C@@H]2O[C@H](C)[C@@H](O)[C@H](N)[C@H]2O)C[C@@H]2O[C@](O)(C[C@@H](O)C[C@@H](O)[C@H](O)CC[C@@H](O)C[C@@H](O)CC(=O)O[C@H]1C)C[C@H](O)[C@H]2C(=O)NC1CC1. The highest BCUT2D eigenvalue weighted by atomic mass is 16.7. The monoisotopic (exact) mass is 963 g/mol. The number of carbonyl (C=O) groups excluding carboxylic acids is 2. The Hall–Kier alpha value is -3.44. The summed E-state index contributed by atoms with van der Waals surface area (Å²) in [6.07, 6.45) is 6.77. The Morgan fingerprint density at radius 3 is 1.85 bits per heavy atom. The van der Waals surface area contributed by atoms with E-state index in [0.717, 1.165) is 12.8 Å². The molecule has 2 bridgehead atoms. The fourth-order valence-electron chi connectivity index (χ4n) is 8.51. The van der Waals surface area contributed by atoms with E-state index < -0.39 is 147 Å². The van der Waals surface area contributed by atoms with Gasteiger partial charge in [0.2, 0.25) is 5.91 Å². The van der Waals surface area contributed by atoms with Crippen molar-refractivity contribution in [3.05, 3.63) is 85.1 Å². The molecule has 0 unspecified atom stereocenters. The predicted molar refractivity (Wildman–Crippen MR) is 251 cm³/mol. The summed E-state index contributed by atoms with van der Waals surface area (Å²) in [5, 5.41) is 112. The van der Waals surface area contributed by atoms with Gasteiger partial charge in [0.15, 0.2) is 12.1 Å². The van der Waals surface area contributed by atoms with Crippen molar-refractivity contribution in [3.63, 3.8) is 0 Å². The smallest absolute Gasteiger partial charge is 0.308 e. The van der Waals surface area contributed by atoms with Crippen molar-refractivity contribution in [1.82, 2.24) is 5.32 Å². The van der Waals surface area contributed by atoms with Crippen molar-refractivity contribution in [1.29, 1.82) is 0 Å². The van der Waals surface area contributed by atoms with Crippen molar-refractivity contribution in [2.45, 2.75) is 195 Å². The largest absolute Gasteiger partial charge is 0.462 e. The molecule has 0 radical (unpaired) electrons. The van der Waals surface area contributed by atoms with Gasteiger partial charge in [0.25, 0.3) is 0 Å². The number of hydrogen-bond acceptors (Lipinski definition) is 17. The fourth-order valence-corrected chi connectivity index (χ4v) is 8.51. The van der Waals surface area contributed by atoms with Crippen LogP contribution in [0.4, 0.5) is 0 Å². The van der Waals surface area contributed by atoms with Gasteiger partial charge in [-0.3, -0.25) is 9.59 Å². The minimum absolute atomic E-state index is 0.0849. The van der Waals surface area contributed by atoms with Crippen molar-refractivity contribution in [3.8, 4) is 0 Å². The van der Waals surface area contributed by atoms with Gasteiger partial charge in [0, 0.05) is 43.6 Å². The van der Waals surface area contributed by atoms with Crippen LogP contribution in [0.25, 0.3) is 0 Å². The molecule has 4 aliphatic rings. The van der Waals surface area contributed by atoms with Crippen LogP contribution < -0.4 is 11.1 Å². The molecule has 3 aliphatic heterocycles. The van der Waals surface area contributed by atoms with E-state index in [1.807, 2.05) is 49.5 Å². The minimum Gasteiger partial charge on any atom is -0.462 e. The number of aliphatic hydroxyl groups excluding tert-OH is 9. The van der Waals surface area contributed by atoms with E-state index in [4.69, 9.17) is 24.7 Å². The van der Waals surface area contributed by atoms with Crippen molar-refractivity contribution in [2.24, 2.45) is 23.5 Å². The van der Waals surface area contributed by atoms with Gasteiger partial charge < -0.3 is 81.1 Å². The Kier molecular flexibility index (Phi) is 23.4. The molecule has 0 aromatic rings. The topological polar surface area (TPSA) is 311 Å². The zero-order valence-electron chi connectivity index (χ0n) is 39.6. The molecule has 0 aromatic carbocycles. The minimum atomic E-state index is -2.24. The number of cyclic esters (lactones) is 1. The average Bonchev–Trinajstić information content (AvgIpc) is 4.08. The third-order valence-electron chi connectivity index (χ3n) is 13.0. The fraction of sp³-hybridized carbons (Fsp3) is 0.680. The summed E-state index contributed by atoms with van der Waals surface area (Å²) in [4.78, 5) is 26.3. The maximum Gasteiger partial charge on any atom is 0.308 e. The van der Waals surface area contributed by atoms with Gasteiger partial charge >= 0.3 is 5.97 Å². The zero-order valence-corrected chi connectivity index (χ0v) is 39.6. The molecule has 18 nitrogen and oxygen atoms in total. The number of esters is 1. The van der Waals surface area contributed by atoms with Gasteiger partial charge in [-0.2, -0.15) is 0 Å². The van der Waals surface area contributed by atoms with Gasteiger partial charge in [-0.1, -0.05) is 98.9 Å². The molecule has 68 heavy (non-hydrogen) atoms. The molecule has 1 saturated carbocycles. The second-order valence-electron chi connectivity index (χ2n) is 19.0. The Morgan fingerprint density at radius 1 is 0.662 bits per heavy atom. The first-order valence-corrected chi connectivity index (χ1v) is 23.9. The molecular weight excluding hydrogens is 885 g/mol. The molecule has 19 atom stereocenters. The Labute approximate surface area is 399 Å². The first-order valence-electron chi connectivity index (χ1n) is 23.9. The maximum absolute atomic E-state index is 13.6. The van der Waals surface area contributed by atoms with E-state index >= 15 is 0 Å². The second-order valence-corrected chi connectivity index (χ2v) is 19.0. The molecule has 0 spiro atoms. The highest BCUT2D eigenvalue weighted by molar-refractivity contribution is 5.80. The summed E-state index contributed by atoms with van der Waals surface area (Å²) in [5.74, 6) is -5.40. The molecule has 4 rings (SSSR count). The quantitative estimate of drug-likeness (QED) is 0.174. The summed E-state index contributed by atoms with van der Waals surface area (Å²) >= 11 is 0. The molecule has 13 N–H and O–H groups in total. The first kappa shape index (κ1) is 57.1. The van der Waals surface area contributed by atoms with Gasteiger partial charge in [-0.15, -0.1) is 0 Å². The highest BCUT2D eigenvalue weighted by Crippen LogP contribution is 2.39. The molecule has 0 aromatic heterocycles. The van der Waals surface area contributed by atoms with Gasteiger partial charge in [0.1, 0.15) is 12.2 Å². The Morgan fingerprint density at radius 2 is 1.25 bits per heavy atom. The number of amides is 1. The standard InChI is InChI=1S/C50H78N2O16/c1-29-17-15-13-11-9-7-5-6-8-10-12-14-16-18-37(67-49-47(62)44(51)46(61)32(4)66-49)26-41-43(48(63)52-33-19-20-33)40(58)28-50(64,68-41)27-36(55)24-39(57)38(56)22-21-34(53)23-35(54)25-42(59)65-31(3)30(2)45(29)60/h5-18,29-41,43-47,49,53-58,60-62,64H,19-28,51H2,1-4H3,(H,52,63)/b6-5+,9-7+,10-8+,13-11+,14-12+,17-15+,18-16+/t29-,30-,31-,32+,34+,35+,36-,37-,38+,39+,40-,41-,43+,44-,45+,46+,47+,49-,50+/m0/s1. The van der Waals surface area contributed by atoms with Crippen molar-refractivity contribution < 1.29 is 79.6 Å². The van der Waals surface area contributed by atoms with E-state index in [9.17, 15) is 60.7 Å². The number of nitrogens with one attached hydrogen (secondary N) is 1. The zero-order chi connectivity index (χ0) is 50.1. The Balaban J connectivity index is 1.57. The Bertz CT molecular complexity index is 1770. The summed E-state index contributed by atoms with van der Waals surface area (Å²) < 4.78 is 23.7. The summed E-state index contributed by atoms with van der Waals surface area (Å²) in [6.45, 7) is 6.81. The predicted octanol–water partition coefficient (Wildman–Crippen LogP) is 0.906. The number of nitrogens with two attached hydrogens (primary N) is 1. The molecule has 3 fully saturated rings. The van der Waals surface area contributed by atoms with Crippen LogP contribution in [0, 0.1) is 17.8 Å². The van der Waals surface area contributed by atoms with Crippen LogP contribution in [0.3, 0.4) is 0 Å². The van der Waals surface area contributed by atoms with Crippen molar-refractivity contribution >= 4 is 11.9 Å². The average molecular weight is 963 g/mol. The number of fused-ring (bicyclic) bond motifs is 2. The molecule has 1 amide bonds. The number of rotatable bonds is 4. The van der Waals surface area contributed by atoms with E-state index in [1.54, 1.807) is 63.3 Å². The number of allylic oxidation sites excluding steroid dienone is 12. The molecule has 384 valence electrons. The van der Waals surface area contributed by atoms with E-state index in [1.165, 1.54) is 0 Å². The lowest BCUT2D eigenvalue weighted by molar-refractivity contribution is -0.307. The third kappa shape index (κ3) is 18.7. The van der Waals surface area contributed by atoms with E-state index in [-0.39, 0.29) is 37.6 Å². The molecule has 1 aliphatic carbocycles. The van der Waals surface area contributed by atoms with Gasteiger partial charge in [-0.05, 0) is 46.0 Å². The lowest BCUT2D eigenvalue weighted by Gasteiger charge is -2.46. The summed E-state index contributed by atoms with van der Waals surface area (Å²) in [5.41, 5.74) is 6.09. The third-order valence-corrected chi connectivity index (χ3v) is 13.0. The van der Waals surface area contributed by atoms with Crippen LogP contribution in [0.2, 0.25) is 0 Å². The van der Waals surface area contributed by atoms with Crippen LogP contribution in [-0.2, 0) is 28.5 Å². The van der Waals surface area contributed by atoms with Crippen LogP contribution in [0.5, 0.6) is 0 Å². The number of carbonyl (C=O) groups is 2. The van der Waals surface area contributed by atoms with Crippen LogP contribution >= 0.6 is 0 Å². The summed E-state index contributed by atoms with van der Waals surface area (Å²) in [7, 11) is 0. The highest BCUT2D eigenvalue weighted by Gasteiger charge is 2.51. The van der Waals surface area contributed by atoms with E-state index in [0.29, 0.717) is 0 Å². The second kappa shape index (κ2) is 27.8. The van der Waals surface area contributed by atoms with Gasteiger partial charge in [0.05, 0.1) is 85.5 Å². The number of ether oxygens (including phenoxy) is 4. The number of hydrogen-bond donors (Lipinski definition) is 12. The molecule has 2 saturated heterocycles. The first-order chi connectivity index (χ1) is 32.2. The van der Waals surface area contributed by atoms with E-state index in [2.05, 4.69) is 5.32 Å². The summed E-state index contributed by atoms with van der Waals surface area (Å²) in [6, 6.07) is -1.20. The van der Waals surface area contributed by atoms with Gasteiger partial charge in [-0.25, -0.2) is 0 Å². The van der Waals surface area contributed by atoms with Crippen LogP contribution in [-0.4, -0.2) is 166 Å². The molecule has 3 heterocycles. The lowest BCUT2D eigenvalue weighted by Crippen LogP contribution is -2.62.